The summed E-state index contributed by atoms with van der Waals surface area (Å²) in [6, 6.07) is 15.7. The van der Waals surface area contributed by atoms with Crippen LogP contribution in [0.5, 0.6) is 0 Å². The monoisotopic (exact) mass is 415 g/mol. The first-order chi connectivity index (χ1) is 13.5. The molecule has 0 aliphatic rings. The van der Waals surface area contributed by atoms with E-state index in [1.165, 1.54) is 22.9 Å². The number of carbonyl (C=O) groups excluding carboxylic acids is 1. The number of nitrogens with one attached hydrogen (secondary N) is 1. The first kappa shape index (κ1) is 20.4. The molecule has 1 amide bonds. The van der Waals surface area contributed by atoms with Crippen LogP contribution in [0.3, 0.4) is 0 Å². The zero-order chi connectivity index (χ0) is 19.9. The second kappa shape index (κ2) is 9.75. The molecule has 2 aromatic carbocycles. The molecule has 0 radical (unpaired) electrons. The van der Waals surface area contributed by atoms with E-state index in [-0.39, 0.29) is 11.7 Å². The van der Waals surface area contributed by atoms with Crippen molar-refractivity contribution in [2.45, 2.75) is 31.4 Å². The van der Waals surface area contributed by atoms with Crippen LogP contribution in [0.2, 0.25) is 5.02 Å². The summed E-state index contributed by atoms with van der Waals surface area (Å²) in [5.41, 5.74) is 3.28. The van der Waals surface area contributed by atoms with Gasteiger partial charge in [-0.3, -0.25) is 4.79 Å². The van der Waals surface area contributed by atoms with Gasteiger partial charge in [-0.2, -0.15) is 0 Å². The van der Waals surface area contributed by atoms with Crippen LogP contribution in [0.4, 0.5) is 0 Å². The van der Waals surface area contributed by atoms with E-state index in [0.717, 1.165) is 12.0 Å². The second-order valence-corrected chi connectivity index (χ2v) is 8.03. The van der Waals surface area contributed by atoms with Crippen molar-refractivity contribution in [3.63, 3.8) is 0 Å². The average Bonchev–Trinajstić information content (AvgIpc) is 3.16. The predicted octanol–water partition coefficient (Wildman–Crippen LogP) is 4.96. The van der Waals surface area contributed by atoms with E-state index in [1.54, 1.807) is 12.1 Å². The van der Waals surface area contributed by atoms with E-state index in [1.807, 2.05) is 12.1 Å². The van der Waals surface area contributed by atoms with Gasteiger partial charge in [-0.05, 0) is 41.7 Å². The van der Waals surface area contributed by atoms with Gasteiger partial charge in [0.05, 0.1) is 5.75 Å². The SMILES string of the molecule is CC(C)c1ccc(CCNC(=O)CSc2nnc(-c3cccc(Cl)c3)o2)cc1. The van der Waals surface area contributed by atoms with Crippen molar-refractivity contribution in [1.82, 2.24) is 15.5 Å². The molecule has 0 fully saturated rings. The number of hydrogen-bond donors (Lipinski definition) is 1. The summed E-state index contributed by atoms with van der Waals surface area (Å²) in [5.74, 6) is 1.07. The van der Waals surface area contributed by atoms with Crippen molar-refractivity contribution < 1.29 is 9.21 Å². The predicted molar refractivity (Wildman–Crippen MR) is 113 cm³/mol. The number of thioether (sulfide) groups is 1. The molecule has 0 aliphatic carbocycles. The number of nitrogens with zero attached hydrogens (tertiary/aromatic N) is 2. The van der Waals surface area contributed by atoms with Crippen molar-refractivity contribution in [1.29, 1.82) is 0 Å². The summed E-state index contributed by atoms with van der Waals surface area (Å²) in [4.78, 5) is 12.0. The maximum absolute atomic E-state index is 12.0. The molecule has 1 N–H and O–H groups in total. The van der Waals surface area contributed by atoms with Gasteiger partial charge in [-0.1, -0.05) is 67.5 Å². The minimum atomic E-state index is -0.0636. The molecule has 0 aliphatic heterocycles. The maximum atomic E-state index is 12.0. The summed E-state index contributed by atoms with van der Waals surface area (Å²) in [6.45, 7) is 4.94. The van der Waals surface area contributed by atoms with Gasteiger partial charge in [0, 0.05) is 17.1 Å². The third-order valence-electron chi connectivity index (χ3n) is 4.19. The average molecular weight is 416 g/mol. The van der Waals surface area contributed by atoms with Crippen molar-refractivity contribution in [2.24, 2.45) is 0 Å². The van der Waals surface area contributed by atoms with Crippen molar-refractivity contribution >= 4 is 29.3 Å². The van der Waals surface area contributed by atoms with E-state index >= 15 is 0 Å². The van der Waals surface area contributed by atoms with Crippen LogP contribution < -0.4 is 5.32 Å². The Bertz CT molecular complexity index is 925. The fourth-order valence-electron chi connectivity index (χ4n) is 2.60. The first-order valence-electron chi connectivity index (χ1n) is 9.09. The van der Waals surface area contributed by atoms with Crippen molar-refractivity contribution in [3.05, 3.63) is 64.7 Å². The summed E-state index contributed by atoms with van der Waals surface area (Å²) >= 11 is 7.18. The van der Waals surface area contributed by atoms with Gasteiger partial charge in [0.2, 0.25) is 11.8 Å². The van der Waals surface area contributed by atoms with Crippen molar-refractivity contribution in [3.8, 4) is 11.5 Å². The molecule has 3 rings (SSSR count). The number of hydrogen-bond acceptors (Lipinski definition) is 5. The van der Waals surface area contributed by atoms with Gasteiger partial charge >= 0.3 is 0 Å². The molecule has 0 spiro atoms. The van der Waals surface area contributed by atoms with E-state index in [0.29, 0.717) is 28.6 Å². The Morgan fingerprint density at radius 2 is 1.96 bits per heavy atom. The molecule has 28 heavy (non-hydrogen) atoms. The normalized spacial score (nSPS) is 11.0. The molecule has 0 saturated heterocycles. The third kappa shape index (κ3) is 5.84. The number of amides is 1. The van der Waals surface area contributed by atoms with Gasteiger partial charge in [0.15, 0.2) is 0 Å². The molecule has 7 heteroatoms. The van der Waals surface area contributed by atoms with Crippen LogP contribution in [0, 0.1) is 0 Å². The van der Waals surface area contributed by atoms with Crippen LogP contribution >= 0.6 is 23.4 Å². The fourth-order valence-corrected chi connectivity index (χ4v) is 3.38. The Kier molecular flexibility index (Phi) is 7.12. The molecular weight excluding hydrogens is 394 g/mol. The van der Waals surface area contributed by atoms with Crippen LogP contribution in [0.25, 0.3) is 11.5 Å². The second-order valence-electron chi connectivity index (χ2n) is 6.67. The van der Waals surface area contributed by atoms with Crippen LogP contribution in [-0.4, -0.2) is 28.4 Å². The maximum Gasteiger partial charge on any atom is 0.277 e. The quantitative estimate of drug-likeness (QED) is 0.526. The highest BCUT2D eigenvalue weighted by Gasteiger charge is 2.11. The molecule has 3 aromatic rings. The van der Waals surface area contributed by atoms with Crippen LogP contribution in [-0.2, 0) is 11.2 Å². The number of benzene rings is 2. The molecular formula is C21H22ClN3O2S. The smallest absolute Gasteiger partial charge is 0.277 e. The lowest BCUT2D eigenvalue weighted by Crippen LogP contribution is -2.27. The lowest BCUT2D eigenvalue weighted by atomic mass is 10.0. The molecule has 1 heterocycles. The molecule has 5 nitrogen and oxygen atoms in total. The topological polar surface area (TPSA) is 68.0 Å². The number of halogens is 1. The van der Waals surface area contributed by atoms with Gasteiger partial charge < -0.3 is 9.73 Å². The molecule has 146 valence electrons. The highest BCUT2D eigenvalue weighted by molar-refractivity contribution is 7.99. The lowest BCUT2D eigenvalue weighted by Gasteiger charge is -2.07. The van der Waals surface area contributed by atoms with E-state index in [2.05, 4.69) is 53.6 Å². The number of carbonyl (C=O) groups is 1. The van der Waals surface area contributed by atoms with Gasteiger partial charge in [-0.15, -0.1) is 10.2 Å². The summed E-state index contributed by atoms with van der Waals surface area (Å²) < 4.78 is 5.58. The van der Waals surface area contributed by atoms with E-state index in [9.17, 15) is 4.79 Å². The number of aromatic nitrogens is 2. The highest BCUT2D eigenvalue weighted by atomic mass is 35.5. The fraction of sp³-hybridized carbons (Fsp3) is 0.286. The minimum Gasteiger partial charge on any atom is -0.411 e. The Balaban J connectivity index is 1.42. The van der Waals surface area contributed by atoms with Crippen molar-refractivity contribution in [2.75, 3.05) is 12.3 Å². The summed E-state index contributed by atoms with van der Waals surface area (Å²) in [6.07, 6.45) is 0.800. The van der Waals surface area contributed by atoms with Gasteiger partial charge in [-0.25, -0.2) is 0 Å². The summed E-state index contributed by atoms with van der Waals surface area (Å²) in [7, 11) is 0. The zero-order valence-corrected chi connectivity index (χ0v) is 17.4. The first-order valence-corrected chi connectivity index (χ1v) is 10.5. The Morgan fingerprint density at radius 3 is 2.68 bits per heavy atom. The molecule has 0 unspecified atom stereocenters. The molecule has 0 bridgehead atoms. The molecule has 0 saturated carbocycles. The molecule has 1 aromatic heterocycles. The van der Waals surface area contributed by atoms with Gasteiger partial charge in [0.25, 0.3) is 5.22 Å². The largest absolute Gasteiger partial charge is 0.411 e. The zero-order valence-electron chi connectivity index (χ0n) is 15.8. The Labute approximate surface area is 173 Å². The van der Waals surface area contributed by atoms with E-state index < -0.39 is 0 Å². The minimum absolute atomic E-state index is 0.0636. The van der Waals surface area contributed by atoms with E-state index in [4.69, 9.17) is 16.0 Å². The standard InChI is InChI=1S/C21H22ClN3O2S/c1-14(2)16-8-6-15(7-9-16)10-11-23-19(26)13-28-21-25-24-20(27-21)17-4-3-5-18(22)12-17/h3-9,12,14H,10-11,13H2,1-2H3,(H,23,26). The van der Waals surface area contributed by atoms with Gasteiger partial charge in [0.1, 0.15) is 0 Å². The van der Waals surface area contributed by atoms with Crippen LogP contribution in [0.1, 0.15) is 30.9 Å². The molecule has 0 atom stereocenters. The summed E-state index contributed by atoms with van der Waals surface area (Å²) in [5, 5.41) is 11.8. The highest BCUT2D eigenvalue weighted by Crippen LogP contribution is 2.25. The third-order valence-corrected chi connectivity index (χ3v) is 5.24. The Morgan fingerprint density at radius 1 is 1.18 bits per heavy atom. The lowest BCUT2D eigenvalue weighted by molar-refractivity contribution is -0.118. The number of rotatable bonds is 8. The Hall–Kier alpha value is -2.31. The van der Waals surface area contributed by atoms with Crippen LogP contribution in [0.15, 0.2) is 58.2 Å².